The minimum atomic E-state index is 0.123. The third-order valence-electron chi connectivity index (χ3n) is 3.02. The van der Waals surface area contributed by atoms with Crippen molar-refractivity contribution in [1.29, 1.82) is 0 Å². The molecule has 0 saturated heterocycles. The number of para-hydroxylation sites is 1. The van der Waals surface area contributed by atoms with E-state index in [9.17, 15) is 0 Å². The number of nitrogens with one attached hydrogen (secondary N) is 1. The SMILES string of the molecule is CCNC(c1cc(C)c(Cl)s1)c1ccccc1OC. The highest BCUT2D eigenvalue weighted by atomic mass is 35.5. The summed E-state index contributed by atoms with van der Waals surface area (Å²) in [5.41, 5.74) is 2.27. The maximum Gasteiger partial charge on any atom is 0.124 e. The van der Waals surface area contributed by atoms with Gasteiger partial charge in [0.1, 0.15) is 5.75 Å². The molecular formula is C15H18ClNOS. The maximum atomic E-state index is 6.19. The van der Waals surface area contributed by atoms with Gasteiger partial charge in [-0.3, -0.25) is 0 Å². The maximum absolute atomic E-state index is 6.19. The number of rotatable bonds is 5. The van der Waals surface area contributed by atoms with Crippen molar-refractivity contribution in [2.45, 2.75) is 19.9 Å². The molecule has 0 aliphatic heterocycles. The van der Waals surface area contributed by atoms with Gasteiger partial charge >= 0.3 is 0 Å². The molecule has 0 fully saturated rings. The molecule has 1 aromatic carbocycles. The van der Waals surface area contributed by atoms with Gasteiger partial charge in [0.15, 0.2) is 0 Å². The predicted molar refractivity (Wildman–Crippen MR) is 82.6 cm³/mol. The molecule has 0 aliphatic carbocycles. The molecule has 0 saturated carbocycles. The molecule has 2 aromatic rings. The van der Waals surface area contributed by atoms with Crippen LogP contribution in [0.2, 0.25) is 4.34 Å². The van der Waals surface area contributed by atoms with Crippen LogP contribution in [0.3, 0.4) is 0 Å². The van der Waals surface area contributed by atoms with E-state index >= 15 is 0 Å². The predicted octanol–water partition coefficient (Wildman–Crippen LogP) is 4.42. The summed E-state index contributed by atoms with van der Waals surface area (Å²) in [6, 6.07) is 10.4. The van der Waals surface area contributed by atoms with Crippen LogP contribution in [0, 0.1) is 6.92 Å². The second-order valence-electron chi connectivity index (χ2n) is 4.34. The molecule has 0 amide bonds. The van der Waals surface area contributed by atoms with Crippen LogP contribution < -0.4 is 10.1 Å². The summed E-state index contributed by atoms with van der Waals surface area (Å²) in [7, 11) is 1.70. The Kier molecular flexibility index (Phi) is 4.86. The minimum absolute atomic E-state index is 0.123. The number of benzene rings is 1. The molecule has 0 spiro atoms. The van der Waals surface area contributed by atoms with Crippen LogP contribution in [0.1, 0.15) is 29.0 Å². The zero-order valence-electron chi connectivity index (χ0n) is 11.4. The zero-order chi connectivity index (χ0) is 13.8. The fraction of sp³-hybridized carbons (Fsp3) is 0.333. The van der Waals surface area contributed by atoms with Gasteiger partial charge in [-0.1, -0.05) is 36.7 Å². The normalized spacial score (nSPS) is 12.4. The second-order valence-corrected chi connectivity index (χ2v) is 6.02. The van der Waals surface area contributed by atoms with Gasteiger partial charge < -0.3 is 10.1 Å². The number of aryl methyl sites for hydroxylation is 1. The number of hydrogen-bond donors (Lipinski definition) is 1. The highest BCUT2D eigenvalue weighted by Crippen LogP contribution is 2.37. The highest BCUT2D eigenvalue weighted by molar-refractivity contribution is 7.16. The first kappa shape index (κ1) is 14.4. The van der Waals surface area contributed by atoms with E-state index in [2.05, 4.69) is 24.4 Å². The van der Waals surface area contributed by atoms with Gasteiger partial charge in [-0.25, -0.2) is 0 Å². The van der Waals surface area contributed by atoms with Crippen molar-refractivity contribution in [3.05, 3.63) is 50.7 Å². The average molecular weight is 296 g/mol. The molecule has 19 heavy (non-hydrogen) atoms. The Hall–Kier alpha value is -1.03. The van der Waals surface area contributed by atoms with Gasteiger partial charge in [0.25, 0.3) is 0 Å². The van der Waals surface area contributed by atoms with Crippen molar-refractivity contribution < 1.29 is 4.74 Å². The Bertz CT molecular complexity index is 533. The molecule has 102 valence electrons. The molecule has 0 radical (unpaired) electrons. The van der Waals surface area contributed by atoms with Gasteiger partial charge in [-0.05, 0) is 31.2 Å². The summed E-state index contributed by atoms with van der Waals surface area (Å²) < 4.78 is 6.32. The number of thiophene rings is 1. The average Bonchev–Trinajstić information content (AvgIpc) is 2.76. The Morgan fingerprint density at radius 2 is 2.11 bits per heavy atom. The molecule has 1 aromatic heterocycles. The molecule has 1 atom stereocenters. The topological polar surface area (TPSA) is 21.3 Å². The number of ether oxygens (including phenoxy) is 1. The van der Waals surface area contributed by atoms with Crippen LogP contribution in [0.25, 0.3) is 0 Å². The summed E-state index contributed by atoms with van der Waals surface area (Å²) >= 11 is 7.82. The smallest absolute Gasteiger partial charge is 0.124 e. The summed E-state index contributed by atoms with van der Waals surface area (Å²) in [6.07, 6.45) is 0. The Balaban J connectivity index is 2.44. The second kappa shape index (κ2) is 6.42. The van der Waals surface area contributed by atoms with Gasteiger partial charge in [-0.2, -0.15) is 0 Å². The van der Waals surface area contributed by atoms with Gasteiger partial charge in [0.2, 0.25) is 0 Å². The van der Waals surface area contributed by atoms with Crippen LogP contribution in [-0.2, 0) is 0 Å². The Labute approximate surface area is 123 Å². The lowest BCUT2D eigenvalue weighted by molar-refractivity contribution is 0.404. The lowest BCUT2D eigenvalue weighted by atomic mass is 10.0. The molecule has 2 rings (SSSR count). The van der Waals surface area contributed by atoms with Crippen LogP contribution >= 0.6 is 22.9 Å². The first-order valence-electron chi connectivity index (χ1n) is 6.29. The van der Waals surface area contributed by atoms with Crippen molar-refractivity contribution in [1.82, 2.24) is 5.32 Å². The van der Waals surface area contributed by atoms with Crippen LogP contribution in [0.5, 0.6) is 5.75 Å². The highest BCUT2D eigenvalue weighted by Gasteiger charge is 2.19. The van der Waals surface area contributed by atoms with Gasteiger partial charge in [-0.15, -0.1) is 11.3 Å². The van der Waals surface area contributed by atoms with Crippen molar-refractivity contribution in [2.75, 3.05) is 13.7 Å². The molecule has 0 bridgehead atoms. The Morgan fingerprint density at radius 3 is 2.68 bits per heavy atom. The van der Waals surface area contributed by atoms with E-state index < -0.39 is 0 Å². The number of halogens is 1. The van der Waals surface area contributed by atoms with E-state index in [1.807, 2.05) is 25.1 Å². The van der Waals surface area contributed by atoms with Crippen LogP contribution in [0.4, 0.5) is 0 Å². The fourth-order valence-corrected chi connectivity index (χ4v) is 3.41. The molecule has 0 aliphatic rings. The van der Waals surface area contributed by atoms with Gasteiger partial charge in [0, 0.05) is 10.4 Å². The van der Waals surface area contributed by atoms with Crippen LogP contribution in [0.15, 0.2) is 30.3 Å². The minimum Gasteiger partial charge on any atom is -0.496 e. The first-order valence-corrected chi connectivity index (χ1v) is 7.49. The van der Waals surface area contributed by atoms with Gasteiger partial charge in [0.05, 0.1) is 17.5 Å². The molecule has 1 heterocycles. The quantitative estimate of drug-likeness (QED) is 0.882. The summed E-state index contributed by atoms with van der Waals surface area (Å²) in [5, 5.41) is 3.50. The monoisotopic (exact) mass is 295 g/mol. The first-order chi connectivity index (χ1) is 9.17. The van der Waals surface area contributed by atoms with E-state index in [0.29, 0.717) is 0 Å². The number of hydrogen-bond acceptors (Lipinski definition) is 3. The van der Waals surface area contributed by atoms with Crippen molar-refractivity contribution >= 4 is 22.9 Å². The third-order valence-corrected chi connectivity index (χ3v) is 4.64. The van der Waals surface area contributed by atoms with E-state index in [4.69, 9.17) is 16.3 Å². The number of methoxy groups -OCH3 is 1. The van der Waals surface area contributed by atoms with E-state index in [0.717, 1.165) is 27.8 Å². The summed E-state index contributed by atoms with van der Waals surface area (Å²) in [5.74, 6) is 0.899. The van der Waals surface area contributed by atoms with E-state index in [1.165, 1.54) is 4.88 Å². The van der Waals surface area contributed by atoms with Crippen molar-refractivity contribution in [3.8, 4) is 5.75 Å². The molecular weight excluding hydrogens is 278 g/mol. The third kappa shape index (κ3) is 3.11. The lowest BCUT2D eigenvalue weighted by Crippen LogP contribution is -2.21. The Morgan fingerprint density at radius 1 is 1.37 bits per heavy atom. The van der Waals surface area contributed by atoms with Crippen molar-refractivity contribution in [3.63, 3.8) is 0 Å². The molecule has 4 heteroatoms. The van der Waals surface area contributed by atoms with E-state index in [-0.39, 0.29) is 6.04 Å². The molecule has 1 unspecified atom stereocenters. The standard InChI is InChI=1S/C15H18ClNOS/c1-4-17-14(13-9-10(2)15(16)19-13)11-7-5-6-8-12(11)18-3/h5-9,14,17H,4H2,1-3H3. The zero-order valence-corrected chi connectivity index (χ0v) is 12.9. The van der Waals surface area contributed by atoms with Crippen LogP contribution in [-0.4, -0.2) is 13.7 Å². The molecule has 1 N–H and O–H groups in total. The van der Waals surface area contributed by atoms with E-state index in [1.54, 1.807) is 18.4 Å². The largest absolute Gasteiger partial charge is 0.496 e. The summed E-state index contributed by atoms with van der Waals surface area (Å²) in [6.45, 7) is 5.02. The summed E-state index contributed by atoms with van der Waals surface area (Å²) in [4.78, 5) is 1.22. The fourth-order valence-electron chi connectivity index (χ4n) is 2.10. The van der Waals surface area contributed by atoms with Crippen molar-refractivity contribution in [2.24, 2.45) is 0 Å². The lowest BCUT2D eigenvalue weighted by Gasteiger charge is -2.19. The molecule has 2 nitrogen and oxygen atoms in total.